The molecule has 1 aliphatic rings. The van der Waals surface area contributed by atoms with Gasteiger partial charge in [-0.05, 0) is 61.7 Å². The van der Waals surface area contributed by atoms with Gasteiger partial charge in [-0.1, -0.05) is 37.3 Å². The molecule has 2 N–H and O–H groups in total. The first-order chi connectivity index (χ1) is 14.4. The van der Waals surface area contributed by atoms with Crippen molar-refractivity contribution in [2.45, 2.75) is 26.4 Å². The lowest BCUT2D eigenvalue weighted by atomic mass is 9.99. The molecule has 7 heteroatoms. The number of rotatable bonds is 7. The number of carboxylic acids is 2. The third kappa shape index (κ3) is 8.96. The third-order valence-corrected chi connectivity index (χ3v) is 4.81. The van der Waals surface area contributed by atoms with E-state index in [1.165, 1.54) is 31.5 Å². The summed E-state index contributed by atoms with van der Waals surface area (Å²) >= 11 is 0. The van der Waals surface area contributed by atoms with Crippen molar-refractivity contribution >= 4 is 11.9 Å². The van der Waals surface area contributed by atoms with E-state index in [0.29, 0.717) is 6.61 Å². The second-order valence-corrected chi connectivity index (χ2v) is 7.23. The van der Waals surface area contributed by atoms with E-state index < -0.39 is 11.9 Å². The number of hydrogen-bond donors (Lipinski definition) is 2. The largest absolute Gasteiger partial charge is 0.492 e. The normalized spacial score (nSPS) is 14.3. The molecule has 1 heterocycles. The highest BCUT2D eigenvalue weighted by atomic mass is 16.5. The summed E-state index contributed by atoms with van der Waals surface area (Å²) in [5, 5.41) is 14.8. The Kier molecular flexibility index (Phi) is 9.67. The monoisotopic (exact) mass is 415 g/mol. The van der Waals surface area contributed by atoms with E-state index in [-0.39, 0.29) is 0 Å². The maximum atomic E-state index is 9.10. The Bertz CT molecular complexity index is 758. The van der Waals surface area contributed by atoms with Gasteiger partial charge in [0.05, 0.1) is 0 Å². The van der Waals surface area contributed by atoms with Crippen LogP contribution in [0.4, 0.5) is 0 Å². The van der Waals surface area contributed by atoms with Crippen LogP contribution in [0.5, 0.6) is 11.5 Å². The number of piperidine rings is 1. The van der Waals surface area contributed by atoms with Crippen molar-refractivity contribution in [1.29, 1.82) is 0 Å². The van der Waals surface area contributed by atoms with Gasteiger partial charge in [-0.3, -0.25) is 4.90 Å². The summed E-state index contributed by atoms with van der Waals surface area (Å²) in [7, 11) is 0. The zero-order valence-corrected chi connectivity index (χ0v) is 17.2. The molecule has 1 aliphatic heterocycles. The fourth-order valence-corrected chi connectivity index (χ4v) is 2.95. The summed E-state index contributed by atoms with van der Waals surface area (Å²) in [6.45, 7) is 7.11. The SMILES string of the molecule is CC1CCN(CCOc2ccc(OCc3ccccc3)cc2)CC1.O=C(O)C(=O)O. The molecular formula is C23H29NO6. The van der Waals surface area contributed by atoms with Gasteiger partial charge in [0, 0.05) is 6.54 Å². The minimum absolute atomic E-state index is 0.592. The minimum Gasteiger partial charge on any atom is -0.492 e. The molecule has 162 valence electrons. The van der Waals surface area contributed by atoms with Gasteiger partial charge in [-0.15, -0.1) is 0 Å². The van der Waals surface area contributed by atoms with Crippen LogP contribution in [0.1, 0.15) is 25.3 Å². The number of carboxylic acid groups (broad SMARTS) is 2. The van der Waals surface area contributed by atoms with Crippen LogP contribution in [0.25, 0.3) is 0 Å². The predicted molar refractivity (Wildman–Crippen MR) is 113 cm³/mol. The zero-order valence-electron chi connectivity index (χ0n) is 17.2. The summed E-state index contributed by atoms with van der Waals surface area (Å²) in [4.78, 5) is 20.7. The van der Waals surface area contributed by atoms with Crippen LogP contribution in [0.3, 0.4) is 0 Å². The molecule has 3 rings (SSSR count). The van der Waals surface area contributed by atoms with Crippen molar-refractivity contribution in [3.8, 4) is 11.5 Å². The van der Waals surface area contributed by atoms with Crippen LogP contribution in [0, 0.1) is 5.92 Å². The Hall–Kier alpha value is -3.06. The first-order valence-corrected chi connectivity index (χ1v) is 10.0. The van der Waals surface area contributed by atoms with E-state index in [2.05, 4.69) is 24.0 Å². The molecule has 1 fully saturated rings. The Morgan fingerprint density at radius 2 is 1.43 bits per heavy atom. The Morgan fingerprint density at radius 1 is 0.900 bits per heavy atom. The van der Waals surface area contributed by atoms with E-state index in [9.17, 15) is 0 Å². The van der Waals surface area contributed by atoms with Crippen molar-refractivity contribution in [2.75, 3.05) is 26.2 Å². The van der Waals surface area contributed by atoms with Crippen molar-refractivity contribution in [1.82, 2.24) is 4.90 Å². The number of nitrogens with zero attached hydrogens (tertiary/aromatic N) is 1. The van der Waals surface area contributed by atoms with E-state index >= 15 is 0 Å². The molecule has 0 spiro atoms. The van der Waals surface area contributed by atoms with Gasteiger partial charge in [-0.2, -0.15) is 0 Å². The molecule has 2 aromatic rings. The molecule has 0 aliphatic carbocycles. The van der Waals surface area contributed by atoms with Crippen molar-refractivity contribution < 1.29 is 29.3 Å². The Morgan fingerprint density at radius 3 is 1.97 bits per heavy atom. The second-order valence-electron chi connectivity index (χ2n) is 7.23. The average molecular weight is 415 g/mol. The van der Waals surface area contributed by atoms with Crippen molar-refractivity contribution in [3.05, 3.63) is 60.2 Å². The summed E-state index contributed by atoms with van der Waals surface area (Å²) < 4.78 is 11.6. The maximum absolute atomic E-state index is 9.10. The van der Waals surface area contributed by atoms with Gasteiger partial charge >= 0.3 is 11.9 Å². The fourth-order valence-electron chi connectivity index (χ4n) is 2.95. The van der Waals surface area contributed by atoms with Gasteiger partial charge in [0.1, 0.15) is 24.7 Å². The van der Waals surface area contributed by atoms with Crippen LogP contribution >= 0.6 is 0 Å². The van der Waals surface area contributed by atoms with Crippen LogP contribution < -0.4 is 9.47 Å². The van der Waals surface area contributed by atoms with Gasteiger partial charge in [0.15, 0.2) is 0 Å². The highest BCUT2D eigenvalue weighted by molar-refractivity contribution is 6.27. The molecule has 0 saturated carbocycles. The Labute approximate surface area is 176 Å². The summed E-state index contributed by atoms with van der Waals surface area (Å²) in [5.74, 6) is -0.987. The van der Waals surface area contributed by atoms with Crippen molar-refractivity contribution in [2.24, 2.45) is 5.92 Å². The molecule has 7 nitrogen and oxygen atoms in total. The van der Waals surface area contributed by atoms with Crippen LogP contribution in [0.2, 0.25) is 0 Å². The number of likely N-dealkylation sites (tertiary alicyclic amines) is 1. The first kappa shape index (κ1) is 23.2. The molecule has 0 aromatic heterocycles. The molecule has 0 radical (unpaired) electrons. The molecule has 30 heavy (non-hydrogen) atoms. The van der Waals surface area contributed by atoms with E-state index in [0.717, 1.165) is 30.6 Å². The molecule has 0 amide bonds. The van der Waals surface area contributed by atoms with E-state index in [1.54, 1.807) is 0 Å². The summed E-state index contributed by atoms with van der Waals surface area (Å²) in [6, 6.07) is 18.1. The zero-order chi connectivity index (χ0) is 21.8. The predicted octanol–water partition coefficient (Wildman–Crippen LogP) is 3.53. The third-order valence-electron chi connectivity index (χ3n) is 4.81. The minimum atomic E-state index is -1.82. The molecule has 2 aromatic carbocycles. The standard InChI is InChI=1S/C21H27NO2.C2H2O4/c1-18-11-13-22(14-12-18)15-16-23-20-7-9-21(10-8-20)24-17-19-5-3-2-4-6-19;3-1(4)2(5)6/h2-10,18H,11-17H2,1H3;(H,3,4)(H,5,6). The molecule has 0 atom stereocenters. The van der Waals surface area contributed by atoms with Gasteiger partial charge in [-0.25, -0.2) is 9.59 Å². The maximum Gasteiger partial charge on any atom is 0.414 e. The Balaban J connectivity index is 0.000000469. The summed E-state index contributed by atoms with van der Waals surface area (Å²) in [5.41, 5.74) is 1.17. The molecule has 0 unspecified atom stereocenters. The molecule has 1 saturated heterocycles. The number of benzene rings is 2. The van der Waals surface area contributed by atoms with Crippen LogP contribution in [0.15, 0.2) is 54.6 Å². The topological polar surface area (TPSA) is 96.3 Å². The molecule has 0 bridgehead atoms. The van der Waals surface area contributed by atoms with Gasteiger partial charge in [0.2, 0.25) is 0 Å². The number of carbonyl (C=O) groups is 2. The lowest BCUT2D eigenvalue weighted by Crippen LogP contribution is -2.35. The summed E-state index contributed by atoms with van der Waals surface area (Å²) in [6.07, 6.45) is 2.63. The number of hydrogen-bond acceptors (Lipinski definition) is 5. The van der Waals surface area contributed by atoms with Gasteiger partial charge in [0.25, 0.3) is 0 Å². The quantitative estimate of drug-likeness (QED) is 0.668. The highest BCUT2D eigenvalue weighted by Gasteiger charge is 2.15. The van der Waals surface area contributed by atoms with Gasteiger partial charge < -0.3 is 19.7 Å². The molecular weight excluding hydrogens is 386 g/mol. The first-order valence-electron chi connectivity index (χ1n) is 10.0. The lowest BCUT2D eigenvalue weighted by molar-refractivity contribution is -0.159. The van der Waals surface area contributed by atoms with Crippen molar-refractivity contribution in [3.63, 3.8) is 0 Å². The van der Waals surface area contributed by atoms with E-state index in [4.69, 9.17) is 29.3 Å². The van der Waals surface area contributed by atoms with E-state index in [1.807, 2.05) is 42.5 Å². The van der Waals surface area contributed by atoms with Crippen LogP contribution in [-0.4, -0.2) is 53.3 Å². The second kappa shape index (κ2) is 12.5. The lowest BCUT2D eigenvalue weighted by Gasteiger charge is -2.29. The van der Waals surface area contributed by atoms with Crippen LogP contribution in [-0.2, 0) is 16.2 Å². The number of ether oxygens (including phenoxy) is 2. The fraction of sp³-hybridized carbons (Fsp3) is 0.391. The smallest absolute Gasteiger partial charge is 0.414 e. The highest BCUT2D eigenvalue weighted by Crippen LogP contribution is 2.19. The number of aliphatic carboxylic acids is 2. The average Bonchev–Trinajstić information content (AvgIpc) is 2.76.